The summed E-state index contributed by atoms with van der Waals surface area (Å²) in [5.41, 5.74) is 1.18. The predicted molar refractivity (Wildman–Crippen MR) is 75.6 cm³/mol. The normalized spacial score (nSPS) is 29.2. The van der Waals surface area contributed by atoms with Crippen LogP contribution < -0.4 is 5.32 Å². The average Bonchev–Trinajstić information content (AvgIpc) is 2.87. The number of piperidine rings is 1. The van der Waals surface area contributed by atoms with Gasteiger partial charge in [0.2, 0.25) is 0 Å². The number of nitrogens with one attached hydrogen (secondary N) is 1. The molecule has 2 saturated heterocycles. The predicted octanol–water partition coefficient (Wildman–Crippen LogP) is 3.10. The maximum absolute atomic E-state index is 12.9. The fraction of sp³-hybridized carbons (Fsp3) is 0.625. The lowest BCUT2D eigenvalue weighted by atomic mass is 9.96. The Morgan fingerprint density at radius 2 is 2.00 bits per heavy atom. The summed E-state index contributed by atoms with van der Waals surface area (Å²) in [4.78, 5) is 2.64. The largest absolute Gasteiger partial charge is 0.307 e. The number of hydrogen-bond acceptors (Lipinski definition) is 2. The molecule has 1 N–H and O–H groups in total. The molecule has 104 valence electrons. The Hall–Kier alpha value is -0.930. The topological polar surface area (TPSA) is 15.3 Å². The fourth-order valence-corrected chi connectivity index (χ4v) is 3.58. The summed E-state index contributed by atoms with van der Waals surface area (Å²) in [6.07, 6.45) is 5.24. The monoisotopic (exact) mass is 262 g/mol. The zero-order valence-electron chi connectivity index (χ0n) is 11.6. The van der Waals surface area contributed by atoms with Gasteiger partial charge in [0, 0.05) is 18.1 Å². The third kappa shape index (κ3) is 2.98. The van der Waals surface area contributed by atoms with Crippen LogP contribution in [0.2, 0.25) is 0 Å². The van der Waals surface area contributed by atoms with E-state index >= 15 is 0 Å². The van der Waals surface area contributed by atoms with Gasteiger partial charge in [-0.05, 0) is 63.4 Å². The van der Waals surface area contributed by atoms with Gasteiger partial charge in [0.1, 0.15) is 5.82 Å². The summed E-state index contributed by atoms with van der Waals surface area (Å²) in [6.45, 7) is 4.71. The highest BCUT2D eigenvalue weighted by Crippen LogP contribution is 2.28. The smallest absolute Gasteiger partial charge is 0.123 e. The van der Waals surface area contributed by atoms with Gasteiger partial charge < -0.3 is 10.2 Å². The average molecular weight is 262 g/mol. The number of benzene rings is 1. The molecule has 19 heavy (non-hydrogen) atoms. The van der Waals surface area contributed by atoms with Gasteiger partial charge in [-0.3, -0.25) is 0 Å². The second-order valence-electron chi connectivity index (χ2n) is 5.99. The van der Waals surface area contributed by atoms with Crippen molar-refractivity contribution in [2.75, 3.05) is 13.1 Å². The lowest BCUT2D eigenvalue weighted by Crippen LogP contribution is -2.46. The quantitative estimate of drug-likeness (QED) is 0.900. The van der Waals surface area contributed by atoms with Crippen LogP contribution >= 0.6 is 0 Å². The Morgan fingerprint density at radius 1 is 1.21 bits per heavy atom. The standard InChI is InChI=1S/C16H23FN2/c1-12(13-4-6-14(17)7-5-13)18-15-8-10-19-9-2-3-16(19)11-15/h4-7,12,15-16,18H,2-3,8-11H2,1H3/t12-,15?,16?/m1/s1. The molecule has 2 aliphatic heterocycles. The van der Waals surface area contributed by atoms with Crippen molar-refractivity contribution in [1.29, 1.82) is 0 Å². The summed E-state index contributed by atoms with van der Waals surface area (Å²) >= 11 is 0. The third-order valence-electron chi connectivity index (χ3n) is 4.68. The van der Waals surface area contributed by atoms with E-state index in [9.17, 15) is 4.39 Å². The minimum atomic E-state index is -0.157. The van der Waals surface area contributed by atoms with Gasteiger partial charge >= 0.3 is 0 Å². The van der Waals surface area contributed by atoms with E-state index in [1.165, 1.54) is 44.3 Å². The molecule has 3 rings (SSSR count). The fourth-order valence-electron chi connectivity index (χ4n) is 3.58. The minimum Gasteiger partial charge on any atom is -0.307 e. The molecule has 1 aromatic carbocycles. The first-order chi connectivity index (χ1) is 9.22. The van der Waals surface area contributed by atoms with Crippen LogP contribution in [0.4, 0.5) is 4.39 Å². The van der Waals surface area contributed by atoms with Gasteiger partial charge in [0.05, 0.1) is 0 Å². The Morgan fingerprint density at radius 3 is 2.79 bits per heavy atom. The molecule has 2 nitrogen and oxygen atoms in total. The molecule has 0 saturated carbocycles. The first-order valence-corrected chi connectivity index (χ1v) is 7.48. The van der Waals surface area contributed by atoms with Crippen LogP contribution in [0.1, 0.15) is 44.2 Å². The number of nitrogens with zero attached hydrogens (tertiary/aromatic N) is 1. The Balaban J connectivity index is 1.57. The molecule has 3 heteroatoms. The van der Waals surface area contributed by atoms with Crippen molar-refractivity contribution in [3.63, 3.8) is 0 Å². The van der Waals surface area contributed by atoms with Crippen molar-refractivity contribution in [2.24, 2.45) is 0 Å². The Kier molecular flexibility index (Phi) is 3.85. The van der Waals surface area contributed by atoms with Crippen LogP contribution in [0, 0.1) is 5.82 Å². The SMILES string of the molecule is C[C@@H](NC1CCN2CCCC2C1)c1ccc(F)cc1. The molecule has 1 aromatic rings. The lowest BCUT2D eigenvalue weighted by molar-refractivity contribution is 0.162. The molecule has 2 heterocycles. The van der Waals surface area contributed by atoms with E-state index in [-0.39, 0.29) is 5.82 Å². The summed E-state index contributed by atoms with van der Waals surface area (Å²) < 4.78 is 12.9. The maximum atomic E-state index is 12.9. The lowest BCUT2D eigenvalue weighted by Gasteiger charge is -2.36. The highest BCUT2D eigenvalue weighted by molar-refractivity contribution is 5.19. The van der Waals surface area contributed by atoms with E-state index in [4.69, 9.17) is 0 Å². The number of halogens is 1. The second kappa shape index (κ2) is 5.59. The number of fused-ring (bicyclic) bond motifs is 1. The zero-order chi connectivity index (χ0) is 13.2. The highest BCUT2D eigenvalue weighted by Gasteiger charge is 2.31. The van der Waals surface area contributed by atoms with Crippen molar-refractivity contribution in [3.8, 4) is 0 Å². The molecular weight excluding hydrogens is 239 g/mol. The van der Waals surface area contributed by atoms with Crippen LogP contribution in [0.3, 0.4) is 0 Å². The molecule has 3 atom stereocenters. The molecule has 2 unspecified atom stereocenters. The van der Waals surface area contributed by atoms with E-state index in [2.05, 4.69) is 17.1 Å². The molecule has 0 amide bonds. The number of hydrogen-bond donors (Lipinski definition) is 1. The molecule has 0 bridgehead atoms. The molecule has 0 radical (unpaired) electrons. The van der Waals surface area contributed by atoms with Gasteiger partial charge in [-0.2, -0.15) is 0 Å². The summed E-state index contributed by atoms with van der Waals surface area (Å²) in [5, 5.41) is 3.72. The van der Waals surface area contributed by atoms with Crippen molar-refractivity contribution < 1.29 is 4.39 Å². The Labute approximate surface area is 115 Å². The summed E-state index contributed by atoms with van der Waals surface area (Å²) in [6, 6.07) is 8.58. The van der Waals surface area contributed by atoms with Gasteiger partial charge in [0.15, 0.2) is 0 Å². The second-order valence-corrected chi connectivity index (χ2v) is 5.99. The van der Waals surface area contributed by atoms with Crippen molar-refractivity contribution in [1.82, 2.24) is 10.2 Å². The van der Waals surface area contributed by atoms with Gasteiger partial charge in [-0.1, -0.05) is 12.1 Å². The van der Waals surface area contributed by atoms with Crippen LogP contribution in [0.25, 0.3) is 0 Å². The molecule has 2 aliphatic rings. The molecular formula is C16H23FN2. The van der Waals surface area contributed by atoms with E-state index in [1.807, 2.05) is 12.1 Å². The molecule has 2 fully saturated rings. The van der Waals surface area contributed by atoms with E-state index in [0.717, 1.165) is 6.04 Å². The molecule has 0 aromatic heterocycles. The van der Waals surface area contributed by atoms with E-state index < -0.39 is 0 Å². The third-order valence-corrected chi connectivity index (χ3v) is 4.68. The van der Waals surface area contributed by atoms with Crippen LogP contribution in [0.15, 0.2) is 24.3 Å². The van der Waals surface area contributed by atoms with Crippen LogP contribution in [-0.4, -0.2) is 30.1 Å². The summed E-state index contributed by atoms with van der Waals surface area (Å²) in [5.74, 6) is -0.157. The number of rotatable bonds is 3. The van der Waals surface area contributed by atoms with Gasteiger partial charge in [-0.25, -0.2) is 4.39 Å². The molecule has 0 spiro atoms. The first kappa shape index (κ1) is 13.1. The highest BCUT2D eigenvalue weighted by atomic mass is 19.1. The Bertz CT molecular complexity index is 417. The maximum Gasteiger partial charge on any atom is 0.123 e. The van der Waals surface area contributed by atoms with Crippen LogP contribution in [-0.2, 0) is 0 Å². The van der Waals surface area contributed by atoms with E-state index in [0.29, 0.717) is 12.1 Å². The first-order valence-electron chi connectivity index (χ1n) is 7.48. The van der Waals surface area contributed by atoms with Crippen molar-refractivity contribution >= 4 is 0 Å². The van der Waals surface area contributed by atoms with Gasteiger partial charge in [-0.15, -0.1) is 0 Å². The van der Waals surface area contributed by atoms with Crippen molar-refractivity contribution in [2.45, 2.75) is 50.7 Å². The van der Waals surface area contributed by atoms with Crippen molar-refractivity contribution in [3.05, 3.63) is 35.6 Å². The van der Waals surface area contributed by atoms with Crippen LogP contribution in [0.5, 0.6) is 0 Å². The van der Waals surface area contributed by atoms with E-state index in [1.54, 1.807) is 12.1 Å². The zero-order valence-corrected chi connectivity index (χ0v) is 11.6. The minimum absolute atomic E-state index is 0.157. The molecule has 0 aliphatic carbocycles. The summed E-state index contributed by atoms with van der Waals surface area (Å²) in [7, 11) is 0. The van der Waals surface area contributed by atoms with Gasteiger partial charge in [0.25, 0.3) is 0 Å².